The first-order chi connectivity index (χ1) is 4.68. The second-order valence-electron chi connectivity index (χ2n) is 2.51. The Bertz CT molecular complexity index is 52.3. The van der Waals surface area contributed by atoms with Crippen LogP contribution in [-0.2, 0) is 0 Å². The third-order valence-electron chi connectivity index (χ3n) is 0.956. The molecular formula is C8H20Li2NO+. The molecule has 0 heterocycles. The molecule has 0 saturated heterocycles. The van der Waals surface area contributed by atoms with E-state index in [9.17, 15) is 5.11 Å². The van der Waals surface area contributed by atoms with Crippen molar-refractivity contribution < 1.29 is 47.7 Å². The first-order valence-corrected chi connectivity index (χ1v) is 3.85. The van der Waals surface area contributed by atoms with E-state index in [1.807, 2.05) is 14.1 Å². The first kappa shape index (κ1) is 23.2. The van der Waals surface area contributed by atoms with E-state index in [0.717, 1.165) is 13.0 Å². The van der Waals surface area contributed by atoms with Crippen LogP contribution in [-0.4, -0.2) is 27.2 Å². The Morgan fingerprint density at radius 1 is 1.25 bits per heavy atom. The number of quaternary nitrogens is 1. The molecule has 0 aromatic rings. The third-order valence-corrected chi connectivity index (χ3v) is 0.956. The summed E-state index contributed by atoms with van der Waals surface area (Å²) >= 11 is 0. The molecule has 0 saturated carbocycles. The van der Waals surface area contributed by atoms with Gasteiger partial charge in [-0.1, -0.05) is 20.0 Å². The van der Waals surface area contributed by atoms with Crippen LogP contribution in [0.25, 0.3) is 0 Å². The maximum atomic E-state index is 9.72. The van der Waals surface area contributed by atoms with E-state index in [1.54, 1.807) is 0 Å². The van der Waals surface area contributed by atoms with Crippen molar-refractivity contribution in [3.63, 3.8) is 0 Å². The SMILES string of the molecule is C[NH+](C)CC[O-].[CH2-]CCC.[Li+].[Li+]. The summed E-state index contributed by atoms with van der Waals surface area (Å²) in [6.07, 6.45) is 2.28. The molecule has 0 unspecified atom stereocenters. The minimum atomic E-state index is 0. The molecule has 0 fully saturated rings. The molecule has 1 N–H and O–H groups in total. The molecule has 2 nitrogen and oxygen atoms in total. The van der Waals surface area contributed by atoms with Gasteiger partial charge >= 0.3 is 37.7 Å². The zero-order valence-electron chi connectivity index (χ0n) is 9.44. The second-order valence-corrected chi connectivity index (χ2v) is 2.51. The fourth-order valence-electron chi connectivity index (χ4n) is 0.204. The summed E-state index contributed by atoms with van der Waals surface area (Å²) in [5.41, 5.74) is 0. The van der Waals surface area contributed by atoms with E-state index in [2.05, 4.69) is 13.8 Å². The Hall–Kier alpha value is 1.11. The smallest absolute Gasteiger partial charge is 0.850 e. The van der Waals surface area contributed by atoms with Crippen molar-refractivity contribution in [3.8, 4) is 0 Å². The van der Waals surface area contributed by atoms with Crippen LogP contribution < -0.4 is 47.7 Å². The van der Waals surface area contributed by atoms with Gasteiger partial charge in [-0.3, -0.25) is 0 Å². The van der Waals surface area contributed by atoms with E-state index in [1.165, 1.54) is 11.3 Å². The van der Waals surface area contributed by atoms with Crippen LogP contribution in [0.3, 0.4) is 0 Å². The van der Waals surface area contributed by atoms with Crippen molar-refractivity contribution in [2.75, 3.05) is 27.2 Å². The van der Waals surface area contributed by atoms with Gasteiger partial charge in [-0.05, 0) is 0 Å². The Morgan fingerprint density at radius 2 is 1.58 bits per heavy atom. The number of nitrogens with one attached hydrogen (secondary N) is 1. The minimum Gasteiger partial charge on any atom is -0.850 e. The Balaban J connectivity index is -0.0000000483. The maximum absolute atomic E-state index is 9.72. The van der Waals surface area contributed by atoms with E-state index in [-0.39, 0.29) is 44.3 Å². The van der Waals surface area contributed by atoms with E-state index in [0.29, 0.717) is 0 Å². The van der Waals surface area contributed by atoms with E-state index >= 15 is 0 Å². The molecule has 0 aromatic carbocycles. The van der Waals surface area contributed by atoms with Gasteiger partial charge in [-0.2, -0.15) is 6.42 Å². The number of hydrogen-bond donors (Lipinski definition) is 1. The van der Waals surface area contributed by atoms with Crippen LogP contribution in [0.2, 0.25) is 0 Å². The molecule has 0 spiro atoms. The summed E-state index contributed by atoms with van der Waals surface area (Å²) in [7, 11) is 3.94. The average molecular weight is 160 g/mol. The fourth-order valence-corrected chi connectivity index (χ4v) is 0.204. The van der Waals surface area contributed by atoms with Gasteiger partial charge in [0, 0.05) is 0 Å². The van der Waals surface area contributed by atoms with Crippen molar-refractivity contribution in [2.45, 2.75) is 19.8 Å². The molecule has 4 heteroatoms. The number of rotatable bonds is 3. The molecule has 0 aliphatic carbocycles. The summed E-state index contributed by atoms with van der Waals surface area (Å²) < 4.78 is 0. The van der Waals surface area contributed by atoms with Crippen molar-refractivity contribution in [1.82, 2.24) is 0 Å². The maximum Gasteiger partial charge on any atom is 1.00 e. The van der Waals surface area contributed by atoms with Gasteiger partial charge in [0.15, 0.2) is 0 Å². The largest absolute Gasteiger partial charge is 1.00 e. The molecule has 0 aliphatic heterocycles. The molecule has 0 bridgehead atoms. The topological polar surface area (TPSA) is 27.5 Å². The minimum absolute atomic E-state index is 0. The monoisotopic (exact) mass is 160 g/mol. The van der Waals surface area contributed by atoms with Crippen LogP contribution in [0.1, 0.15) is 19.8 Å². The molecule has 64 valence electrons. The zero-order valence-corrected chi connectivity index (χ0v) is 9.44. The third kappa shape index (κ3) is 43.5. The Kier molecular flexibility index (Phi) is 43.9. The van der Waals surface area contributed by atoms with Crippen LogP contribution in [0, 0.1) is 6.92 Å². The van der Waals surface area contributed by atoms with E-state index < -0.39 is 0 Å². The summed E-state index contributed by atoms with van der Waals surface area (Å²) in [4.78, 5) is 1.23. The predicted molar refractivity (Wildman–Crippen MR) is 42.8 cm³/mol. The van der Waals surface area contributed by atoms with Crippen molar-refractivity contribution in [1.29, 1.82) is 0 Å². The predicted octanol–water partition coefficient (Wildman–Crippen LogP) is -6.88. The molecule has 0 amide bonds. The molecule has 12 heavy (non-hydrogen) atoms. The molecule has 0 aromatic heterocycles. The van der Waals surface area contributed by atoms with E-state index in [4.69, 9.17) is 0 Å². The van der Waals surface area contributed by atoms with Gasteiger partial charge < -0.3 is 16.9 Å². The summed E-state index contributed by atoms with van der Waals surface area (Å²) in [6, 6.07) is 0. The molecule has 0 radical (unpaired) electrons. The van der Waals surface area contributed by atoms with Crippen LogP contribution in [0.5, 0.6) is 0 Å². The van der Waals surface area contributed by atoms with Gasteiger partial charge in [0.25, 0.3) is 0 Å². The Morgan fingerprint density at radius 3 is 1.58 bits per heavy atom. The standard InChI is InChI=1S/C4H10NO.C4H9.2Li/c1-5(2)3-4-6;1-3-4-2;;/h3-4H2,1-2H3;1,3-4H2,2H3;;/q2*-1;2*+1/p+1. The number of unbranched alkanes of at least 4 members (excludes halogenated alkanes) is 1. The quantitative estimate of drug-likeness (QED) is 0.322. The van der Waals surface area contributed by atoms with Gasteiger partial charge in [0.05, 0.1) is 20.6 Å². The first-order valence-electron chi connectivity index (χ1n) is 3.85. The van der Waals surface area contributed by atoms with Crippen molar-refractivity contribution >= 4 is 0 Å². The molecular weight excluding hydrogens is 140 g/mol. The zero-order chi connectivity index (χ0) is 8.41. The van der Waals surface area contributed by atoms with Gasteiger partial charge in [0.1, 0.15) is 0 Å². The van der Waals surface area contributed by atoms with Gasteiger partial charge in [-0.15, -0.1) is 0 Å². The fraction of sp³-hybridized carbons (Fsp3) is 0.875. The van der Waals surface area contributed by atoms with Crippen molar-refractivity contribution in [2.24, 2.45) is 0 Å². The summed E-state index contributed by atoms with van der Waals surface area (Å²) in [5.74, 6) is 0. The second kappa shape index (κ2) is 22.7. The van der Waals surface area contributed by atoms with Crippen LogP contribution >= 0.6 is 0 Å². The average Bonchev–Trinajstić information content (AvgIpc) is 1.89. The molecule has 0 rings (SSSR count). The number of likely N-dealkylation sites (N-methyl/N-ethyl adjacent to an activating group) is 1. The molecule has 0 atom stereocenters. The summed E-state index contributed by atoms with van der Waals surface area (Å²) in [5, 5.41) is 9.72. The number of hydrogen-bond acceptors (Lipinski definition) is 1. The van der Waals surface area contributed by atoms with Crippen molar-refractivity contribution in [3.05, 3.63) is 6.92 Å². The van der Waals surface area contributed by atoms with Gasteiger partial charge in [-0.25, -0.2) is 0 Å². The summed E-state index contributed by atoms with van der Waals surface area (Å²) in [6.45, 7) is 6.50. The normalized spacial score (nSPS) is 7.50. The molecule has 0 aliphatic rings. The van der Waals surface area contributed by atoms with Gasteiger partial charge in [0.2, 0.25) is 0 Å². The Labute approximate surface area is 101 Å². The van der Waals surface area contributed by atoms with Crippen LogP contribution in [0.4, 0.5) is 0 Å². The van der Waals surface area contributed by atoms with Crippen LogP contribution in [0.15, 0.2) is 0 Å².